The van der Waals surface area contributed by atoms with Crippen molar-refractivity contribution in [3.05, 3.63) is 36.0 Å². The number of hydrogen-bond acceptors (Lipinski definition) is 2. The summed E-state index contributed by atoms with van der Waals surface area (Å²) in [6, 6.07) is 8.15. The highest BCUT2D eigenvalue weighted by Gasteiger charge is 2.37. The van der Waals surface area contributed by atoms with Gasteiger partial charge in [-0.25, -0.2) is 0 Å². The van der Waals surface area contributed by atoms with E-state index in [2.05, 4.69) is 39.9 Å². The molecule has 0 N–H and O–H groups in total. The maximum atomic E-state index is 12.8. The van der Waals surface area contributed by atoms with Crippen LogP contribution in [0.1, 0.15) is 51.9 Å². The van der Waals surface area contributed by atoms with E-state index in [1.807, 2.05) is 49.7 Å². The molecule has 1 aromatic heterocycles. The van der Waals surface area contributed by atoms with E-state index in [1.54, 1.807) is 0 Å². The molecule has 0 aliphatic heterocycles. The Morgan fingerprint density at radius 2 is 1.68 bits per heavy atom. The van der Waals surface area contributed by atoms with Gasteiger partial charge in [0.15, 0.2) is 8.32 Å². The predicted octanol–water partition coefficient (Wildman–Crippen LogP) is 5.89. The minimum absolute atomic E-state index is 0.125. The number of para-hydroxylation sites is 1. The number of rotatable bonds is 4. The summed E-state index contributed by atoms with van der Waals surface area (Å²) in [4.78, 5) is 12.8. The number of fused-ring (bicyclic) bond motifs is 1. The lowest BCUT2D eigenvalue weighted by Crippen LogP contribution is -2.41. The molecule has 0 saturated heterocycles. The number of aromatic nitrogens is 1. The molecular weight excluding hydrogens is 326 g/mol. The molecule has 0 amide bonds. The second kappa shape index (κ2) is 6.73. The van der Waals surface area contributed by atoms with Crippen LogP contribution in [-0.2, 0) is 10.8 Å². The third kappa shape index (κ3) is 4.24. The van der Waals surface area contributed by atoms with Gasteiger partial charge in [0, 0.05) is 23.6 Å². The van der Waals surface area contributed by atoms with E-state index in [0.717, 1.165) is 17.3 Å². The first-order chi connectivity index (χ1) is 11.3. The Balaban J connectivity index is 2.27. The molecule has 0 unspecified atom stereocenters. The summed E-state index contributed by atoms with van der Waals surface area (Å²) >= 11 is 0. The summed E-state index contributed by atoms with van der Waals surface area (Å²) in [6.45, 7) is 17.9. The highest BCUT2D eigenvalue weighted by atomic mass is 28.4. The summed E-state index contributed by atoms with van der Waals surface area (Å²) in [7, 11) is -1.74. The molecule has 0 radical (unpaired) electrons. The van der Waals surface area contributed by atoms with Crippen LogP contribution < -0.4 is 0 Å². The maximum absolute atomic E-state index is 12.8. The lowest BCUT2D eigenvalue weighted by atomic mass is 9.95. The van der Waals surface area contributed by atoms with Crippen molar-refractivity contribution in [2.24, 2.45) is 5.41 Å². The van der Waals surface area contributed by atoms with Crippen molar-refractivity contribution in [3.63, 3.8) is 0 Å². The van der Waals surface area contributed by atoms with E-state index in [0.29, 0.717) is 6.61 Å². The second-order valence-electron chi connectivity index (χ2n) is 9.46. The van der Waals surface area contributed by atoms with Crippen molar-refractivity contribution >= 4 is 25.1 Å². The van der Waals surface area contributed by atoms with Crippen molar-refractivity contribution in [2.75, 3.05) is 6.61 Å². The molecule has 2 rings (SSSR count). The van der Waals surface area contributed by atoms with Crippen molar-refractivity contribution in [2.45, 2.75) is 66.1 Å². The lowest BCUT2D eigenvalue weighted by molar-refractivity contribution is 0.0772. The number of carbonyl (C=O) groups excluding carboxylic acids is 1. The first-order valence-electron chi connectivity index (χ1n) is 9.12. The minimum atomic E-state index is -1.74. The Morgan fingerprint density at radius 3 is 2.24 bits per heavy atom. The number of benzene rings is 1. The maximum Gasteiger partial charge on any atom is 0.236 e. The van der Waals surface area contributed by atoms with Gasteiger partial charge in [-0.1, -0.05) is 59.7 Å². The van der Waals surface area contributed by atoms with Gasteiger partial charge >= 0.3 is 0 Å². The Labute approximate surface area is 153 Å². The highest BCUT2D eigenvalue weighted by Crippen LogP contribution is 2.36. The van der Waals surface area contributed by atoms with E-state index in [9.17, 15) is 4.79 Å². The molecule has 4 heteroatoms. The molecule has 0 spiro atoms. The molecule has 1 aromatic carbocycles. The van der Waals surface area contributed by atoms with Gasteiger partial charge in [0.25, 0.3) is 0 Å². The molecule has 0 saturated carbocycles. The molecule has 138 valence electrons. The molecule has 0 aliphatic carbocycles. The van der Waals surface area contributed by atoms with Crippen LogP contribution in [0.5, 0.6) is 0 Å². The Hall–Kier alpha value is -1.39. The molecule has 1 heterocycles. The van der Waals surface area contributed by atoms with Crippen LogP contribution >= 0.6 is 0 Å². The number of carbonyl (C=O) groups is 1. The summed E-state index contributed by atoms with van der Waals surface area (Å²) in [5.41, 5.74) is 1.77. The molecule has 3 nitrogen and oxygen atoms in total. The van der Waals surface area contributed by atoms with Crippen LogP contribution in [0.15, 0.2) is 30.5 Å². The van der Waals surface area contributed by atoms with Gasteiger partial charge in [0.05, 0.1) is 5.52 Å². The minimum Gasteiger partial charge on any atom is -0.416 e. The van der Waals surface area contributed by atoms with Gasteiger partial charge in [-0.2, -0.15) is 0 Å². The van der Waals surface area contributed by atoms with Gasteiger partial charge in [-0.3, -0.25) is 9.36 Å². The summed E-state index contributed by atoms with van der Waals surface area (Å²) in [5.74, 6) is 0.125. The van der Waals surface area contributed by atoms with Crippen molar-refractivity contribution in [3.8, 4) is 0 Å². The van der Waals surface area contributed by atoms with E-state index < -0.39 is 13.7 Å². The van der Waals surface area contributed by atoms with E-state index >= 15 is 0 Å². The average molecular weight is 360 g/mol. The first kappa shape index (κ1) is 19.9. The van der Waals surface area contributed by atoms with E-state index in [1.165, 1.54) is 5.56 Å². The van der Waals surface area contributed by atoms with Crippen LogP contribution in [0.25, 0.3) is 10.9 Å². The van der Waals surface area contributed by atoms with Crippen molar-refractivity contribution in [1.82, 2.24) is 4.57 Å². The third-order valence-corrected chi connectivity index (χ3v) is 9.83. The zero-order valence-electron chi connectivity index (χ0n) is 17.1. The molecule has 25 heavy (non-hydrogen) atoms. The lowest BCUT2D eigenvalue weighted by Gasteiger charge is -2.36. The normalized spacial score (nSPS) is 13.4. The van der Waals surface area contributed by atoms with Gasteiger partial charge in [-0.05, 0) is 36.2 Å². The standard InChI is InChI=1S/C21H33NO2Si/c1-20(2,3)19(23)22-15-16(17-11-9-10-12-18(17)22)13-14-24-25(7,8)21(4,5)6/h9-12,15H,13-14H2,1-8H3. The number of hydrogen-bond donors (Lipinski definition) is 0. The zero-order valence-corrected chi connectivity index (χ0v) is 18.1. The summed E-state index contributed by atoms with van der Waals surface area (Å²) in [5, 5.41) is 1.36. The fourth-order valence-electron chi connectivity index (χ4n) is 2.61. The van der Waals surface area contributed by atoms with Crippen LogP contribution in [0.3, 0.4) is 0 Å². The summed E-state index contributed by atoms with van der Waals surface area (Å²) < 4.78 is 8.14. The van der Waals surface area contributed by atoms with Gasteiger partial charge < -0.3 is 4.43 Å². The molecular formula is C21H33NO2Si. The fourth-order valence-corrected chi connectivity index (χ4v) is 3.66. The van der Waals surface area contributed by atoms with E-state index in [4.69, 9.17) is 4.43 Å². The van der Waals surface area contributed by atoms with Crippen molar-refractivity contribution < 1.29 is 9.22 Å². The van der Waals surface area contributed by atoms with Crippen LogP contribution in [0, 0.1) is 5.41 Å². The van der Waals surface area contributed by atoms with E-state index in [-0.39, 0.29) is 10.9 Å². The molecule has 0 bridgehead atoms. The van der Waals surface area contributed by atoms with Crippen LogP contribution in [-0.4, -0.2) is 25.4 Å². The molecule has 0 atom stereocenters. The van der Waals surface area contributed by atoms with Crippen molar-refractivity contribution in [1.29, 1.82) is 0 Å². The zero-order chi connectivity index (χ0) is 19.0. The van der Waals surface area contributed by atoms with Crippen LogP contribution in [0.4, 0.5) is 0 Å². The predicted molar refractivity (Wildman–Crippen MR) is 109 cm³/mol. The topological polar surface area (TPSA) is 31.2 Å². The quantitative estimate of drug-likeness (QED) is 0.637. The average Bonchev–Trinajstić information content (AvgIpc) is 2.83. The number of nitrogens with zero attached hydrogens (tertiary/aromatic N) is 1. The molecule has 0 fully saturated rings. The first-order valence-corrected chi connectivity index (χ1v) is 12.0. The fraction of sp³-hybridized carbons (Fsp3) is 0.571. The smallest absolute Gasteiger partial charge is 0.236 e. The molecule has 2 aromatic rings. The second-order valence-corrected chi connectivity index (χ2v) is 14.3. The van der Waals surface area contributed by atoms with Gasteiger partial charge in [0.1, 0.15) is 0 Å². The SMILES string of the molecule is CC(C)(C)C(=O)n1cc(CCO[Si](C)(C)C(C)(C)C)c2ccccc21. The highest BCUT2D eigenvalue weighted by molar-refractivity contribution is 6.74. The van der Waals surface area contributed by atoms with Crippen LogP contribution in [0.2, 0.25) is 18.1 Å². The third-order valence-electron chi connectivity index (χ3n) is 5.30. The monoisotopic (exact) mass is 359 g/mol. The largest absolute Gasteiger partial charge is 0.416 e. The summed E-state index contributed by atoms with van der Waals surface area (Å²) in [6.07, 6.45) is 2.84. The Morgan fingerprint density at radius 1 is 1.08 bits per heavy atom. The van der Waals surface area contributed by atoms with Gasteiger partial charge in [0.2, 0.25) is 5.91 Å². The Bertz CT molecular complexity index is 760. The Kier molecular flexibility index (Phi) is 5.36. The molecule has 0 aliphatic rings. The van der Waals surface area contributed by atoms with Gasteiger partial charge in [-0.15, -0.1) is 0 Å².